The van der Waals surface area contributed by atoms with E-state index in [9.17, 15) is 9.90 Å². The molecular weight excluding hydrogens is 300 g/mol. The van der Waals surface area contributed by atoms with Gasteiger partial charge in [-0.2, -0.15) is 0 Å². The third kappa shape index (κ3) is 3.95. The number of hydrogen-bond acceptors (Lipinski definition) is 3. The van der Waals surface area contributed by atoms with Crippen LogP contribution in [0.25, 0.3) is 0 Å². The Labute approximate surface area is 143 Å². The Bertz CT molecular complexity index is 660. The number of nitrogens with zero attached hydrogens (tertiary/aromatic N) is 2. The molecule has 3 rings (SSSR count). The van der Waals surface area contributed by atoms with Gasteiger partial charge in [-0.1, -0.05) is 48.5 Å². The quantitative estimate of drug-likeness (QED) is 0.917. The van der Waals surface area contributed by atoms with E-state index in [0.717, 1.165) is 25.3 Å². The standard InChI is InChI=1S/C20H24N2O2/c1-16-13-21(14-17-8-4-2-5-9-17)15-19(12-20(23)24)22(16)18-10-6-3-7-11-18/h2-11,16,19H,12-15H2,1H3,(H,23,24)/t16?,19-/m1/s1. The van der Waals surface area contributed by atoms with Gasteiger partial charge in [-0.25, -0.2) is 0 Å². The van der Waals surface area contributed by atoms with Crippen LogP contribution in [0.4, 0.5) is 5.69 Å². The Morgan fingerprint density at radius 2 is 1.67 bits per heavy atom. The predicted octanol–water partition coefficient (Wildman–Crippen LogP) is 3.24. The molecule has 0 amide bonds. The number of carbonyl (C=O) groups is 1. The molecule has 1 saturated heterocycles. The van der Waals surface area contributed by atoms with E-state index >= 15 is 0 Å². The maximum Gasteiger partial charge on any atom is 0.305 e. The number of anilines is 1. The predicted molar refractivity (Wildman–Crippen MR) is 96.1 cm³/mol. The third-order valence-corrected chi connectivity index (χ3v) is 4.57. The molecule has 2 atom stereocenters. The molecular formula is C20H24N2O2. The molecule has 1 aliphatic rings. The highest BCUT2D eigenvalue weighted by molar-refractivity contribution is 5.69. The highest BCUT2D eigenvalue weighted by Gasteiger charge is 2.33. The van der Waals surface area contributed by atoms with E-state index in [1.54, 1.807) is 0 Å². The van der Waals surface area contributed by atoms with Crippen LogP contribution < -0.4 is 4.90 Å². The van der Waals surface area contributed by atoms with Crippen molar-refractivity contribution < 1.29 is 9.90 Å². The summed E-state index contributed by atoms with van der Waals surface area (Å²) in [7, 11) is 0. The van der Waals surface area contributed by atoms with Gasteiger partial charge in [0.05, 0.1) is 12.5 Å². The van der Waals surface area contributed by atoms with Crippen molar-refractivity contribution in [3.63, 3.8) is 0 Å². The minimum Gasteiger partial charge on any atom is -0.481 e. The Morgan fingerprint density at radius 1 is 1.04 bits per heavy atom. The van der Waals surface area contributed by atoms with Crippen molar-refractivity contribution in [2.75, 3.05) is 18.0 Å². The molecule has 2 aromatic rings. The second-order valence-corrected chi connectivity index (χ2v) is 6.52. The third-order valence-electron chi connectivity index (χ3n) is 4.57. The molecule has 1 fully saturated rings. The van der Waals surface area contributed by atoms with Crippen molar-refractivity contribution in [3.8, 4) is 0 Å². The molecule has 0 spiro atoms. The Kier molecular flexibility index (Phi) is 5.16. The van der Waals surface area contributed by atoms with Crippen LogP contribution >= 0.6 is 0 Å². The summed E-state index contributed by atoms with van der Waals surface area (Å²) < 4.78 is 0. The van der Waals surface area contributed by atoms with E-state index in [4.69, 9.17) is 0 Å². The molecule has 1 unspecified atom stereocenters. The van der Waals surface area contributed by atoms with Gasteiger partial charge in [0.15, 0.2) is 0 Å². The fraction of sp³-hybridized carbons (Fsp3) is 0.350. The first kappa shape index (κ1) is 16.5. The summed E-state index contributed by atoms with van der Waals surface area (Å²) in [5.41, 5.74) is 2.38. The number of carboxylic acid groups (broad SMARTS) is 1. The monoisotopic (exact) mass is 324 g/mol. The zero-order valence-electron chi connectivity index (χ0n) is 14.0. The number of hydrogen-bond donors (Lipinski definition) is 1. The summed E-state index contributed by atoms with van der Waals surface area (Å²) in [5, 5.41) is 9.35. The molecule has 0 radical (unpaired) electrons. The van der Waals surface area contributed by atoms with Gasteiger partial charge < -0.3 is 10.0 Å². The first-order chi connectivity index (χ1) is 11.6. The summed E-state index contributed by atoms with van der Waals surface area (Å²) in [6, 6.07) is 20.8. The van der Waals surface area contributed by atoms with Crippen molar-refractivity contribution in [1.29, 1.82) is 0 Å². The smallest absolute Gasteiger partial charge is 0.305 e. The molecule has 0 saturated carbocycles. The average molecular weight is 324 g/mol. The molecule has 2 aromatic carbocycles. The Morgan fingerprint density at radius 3 is 2.29 bits per heavy atom. The van der Waals surface area contributed by atoms with Crippen LogP contribution in [-0.4, -0.2) is 41.1 Å². The summed E-state index contributed by atoms with van der Waals surface area (Å²) in [6.07, 6.45) is 0.157. The highest BCUT2D eigenvalue weighted by Crippen LogP contribution is 2.27. The van der Waals surface area contributed by atoms with E-state index in [1.807, 2.05) is 36.4 Å². The van der Waals surface area contributed by atoms with Crippen LogP contribution in [0.3, 0.4) is 0 Å². The molecule has 1 aliphatic heterocycles. The van der Waals surface area contributed by atoms with E-state index in [0.29, 0.717) is 0 Å². The highest BCUT2D eigenvalue weighted by atomic mass is 16.4. The fourth-order valence-corrected chi connectivity index (χ4v) is 3.68. The molecule has 0 aromatic heterocycles. The second kappa shape index (κ2) is 7.49. The van der Waals surface area contributed by atoms with Crippen LogP contribution in [0.5, 0.6) is 0 Å². The maximum absolute atomic E-state index is 11.4. The molecule has 4 nitrogen and oxygen atoms in total. The number of rotatable bonds is 5. The van der Waals surface area contributed by atoms with Gasteiger partial charge >= 0.3 is 5.97 Å². The summed E-state index contributed by atoms with van der Waals surface area (Å²) >= 11 is 0. The number of benzene rings is 2. The Balaban J connectivity index is 1.79. The lowest BCUT2D eigenvalue weighted by Crippen LogP contribution is -2.58. The van der Waals surface area contributed by atoms with Crippen molar-refractivity contribution in [2.45, 2.75) is 32.0 Å². The number of para-hydroxylation sites is 1. The summed E-state index contributed by atoms with van der Waals surface area (Å²) in [4.78, 5) is 16.0. The van der Waals surface area contributed by atoms with Gasteiger partial charge in [-0.3, -0.25) is 9.69 Å². The lowest BCUT2D eigenvalue weighted by atomic mass is 10.0. The number of aliphatic carboxylic acids is 1. The van der Waals surface area contributed by atoms with Crippen LogP contribution in [0.2, 0.25) is 0 Å². The second-order valence-electron chi connectivity index (χ2n) is 6.52. The van der Waals surface area contributed by atoms with Gasteiger partial charge in [0.2, 0.25) is 0 Å². The molecule has 1 heterocycles. The normalized spacial score (nSPS) is 21.6. The summed E-state index contributed by atoms with van der Waals surface area (Å²) in [6.45, 7) is 4.74. The maximum atomic E-state index is 11.4. The summed E-state index contributed by atoms with van der Waals surface area (Å²) in [5.74, 6) is -0.741. The Hall–Kier alpha value is -2.33. The molecule has 0 aliphatic carbocycles. The van der Waals surface area contributed by atoms with E-state index in [-0.39, 0.29) is 18.5 Å². The zero-order valence-corrected chi connectivity index (χ0v) is 14.0. The van der Waals surface area contributed by atoms with Crippen LogP contribution in [0, 0.1) is 0 Å². The molecule has 4 heteroatoms. The van der Waals surface area contributed by atoms with Crippen LogP contribution in [0.1, 0.15) is 18.9 Å². The zero-order chi connectivity index (χ0) is 16.9. The van der Waals surface area contributed by atoms with Gasteiger partial charge in [0.1, 0.15) is 0 Å². The van der Waals surface area contributed by atoms with Crippen molar-refractivity contribution >= 4 is 11.7 Å². The number of carboxylic acids is 1. The largest absolute Gasteiger partial charge is 0.481 e. The molecule has 1 N–H and O–H groups in total. The number of piperazine rings is 1. The average Bonchev–Trinajstić information content (AvgIpc) is 2.56. The molecule has 0 bridgehead atoms. The van der Waals surface area contributed by atoms with Gasteiger partial charge in [0.25, 0.3) is 0 Å². The van der Waals surface area contributed by atoms with Crippen molar-refractivity contribution in [1.82, 2.24) is 4.90 Å². The SMILES string of the molecule is CC1CN(Cc2ccccc2)C[C@@H](CC(=O)O)N1c1ccccc1. The molecule has 126 valence electrons. The lowest BCUT2D eigenvalue weighted by molar-refractivity contribution is -0.137. The minimum atomic E-state index is -0.741. The first-order valence-corrected chi connectivity index (χ1v) is 8.45. The van der Waals surface area contributed by atoms with Gasteiger partial charge in [-0.05, 0) is 24.6 Å². The minimum absolute atomic E-state index is 0.0163. The van der Waals surface area contributed by atoms with Crippen molar-refractivity contribution in [2.24, 2.45) is 0 Å². The lowest BCUT2D eigenvalue weighted by Gasteiger charge is -2.47. The molecule has 24 heavy (non-hydrogen) atoms. The topological polar surface area (TPSA) is 43.8 Å². The van der Waals surface area contributed by atoms with E-state index in [2.05, 4.69) is 41.0 Å². The fourth-order valence-electron chi connectivity index (χ4n) is 3.68. The van der Waals surface area contributed by atoms with Crippen LogP contribution in [-0.2, 0) is 11.3 Å². The van der Waals surface area contributed by atoms with Crippen molar-refractivity contribution in [3.05, 3.63) is 66.2 Å². The van der Waals surface area contributed by atoms with E-state index < -0.39 is 5.97 Å². The van der Waals surface area contributed by atoms with Crippen LogP contribution in [0.15, 0.2) is 60.7 Å². The van der Waals surface area contributed by atoms with Gasteiger partial charge in [-0.15, -0.1) is 0 Å². The van der Waals surface area contributed by atoms with Gasteiger partial charge in [0, 0.05) is 31.4 Å². The van der Waals surface area contributed by atoms with E-state index in [1.165, 1.54) is 5.56 Å². The first-order valence-electron chi connectivity index (χ1n) is 8.45.